The van der Waals surface area contributed by atoms with Gasteiger partial charge in [0.15, 0.2) is 0 Å². The summed E-state index contributed by atoms with van der Waals surface area (Å²) in [5.74, 6) is 0. The molecular formula is C21H19ClN4OS. The molecule has 0 bridgehead atoms. The van der Waals surface area contributed by atoms with Gasteiger partial charge in [0.05, 0.1) is 32.2 Å². The fraction of sp³-hybridized carbons (Fsp3) is 0.190. The van der Waals surface area contributed by atoms with Crippen LogP contribution in [0.5, 0.6) is 0 Å². The van der Waals surface area contributed by atoms with Crippen LogP contribution < -0.4 is 5.56 Å². The number of aliphatic imine (C=N–C) groups is 1. The van der Waals surface area contributed by atoms with Crippen LogP contribution in [-0.4, -0.2) is 20.5 Å². The van der Waals surface area contributed by atoms with Crippen molar-refractivity contribution in [1.82, 2.24) is 14.8 Å². The van der Waals surface area contributed by atoms with E-state index < -0.39 is 0 Å². The van der Waals surface area contributed by atoms with E-state index >= 15 is 0 Å². The number of rotatable bonds is 5. The maximum Gasteiger partial charge on any atom is 0.282 e. The Morgan fingerprint density at radius 3 is 2.71 bits per heavy atom. The fourth-order valence-corrected chi connectivity index (χ4v) is 4.26. The first-order chi connectivity index (χ1) is 13.6. The highest BCUT2D eigenvalue weighted by Crippen LogP contribution is 2.26. The van der Waals surface area contributed by atoms with Gasteiger partial charge in [-0.2, -0.15) is 4.68 Å². The summed E-state index contributed by atoms with van der Waals surface area (Å²) in [7, 11) is 0. The van der Waals surface area contributed by atoms with Gasteiger partial charge in [0.2, 0.25) is 5.13 Å². The molecule has 2 aromatic heterocycles. The number of aromatic nitrogens is 3. The van der Waals surface area contributed by atoms with Gasteiger partial charge in [-0.25, -0.2) is 4.98 Å². The van der Waals surface area contributed by atoms with E-state index in [1.165, 1.54) is 16.0 Å². The van der Waals surface area contributed by atoms with Crippen molar-refractivity contribution in [3.63, 3.8) is 0 Å². The molecule has 142 valence electrons. The quantitative estimate of drug-likeness (QED) is 0.440. The zero-order valence-electron chi connectivity index (χ0n) is 15.6. The van der Waals surface area contributed by atoms with E-state index in [4.69, 9.17) is 11.6 Å². The average molecular weight is 411 g/mol. The lowest BCUT2D eigenvalue weighted by molar-refractivity contribution is 0.790. The molecular weight excluding hydrogens is 392 g/mol. The van der Waals surface area contributed by atoms with E-state index in [0.717, 1.165) is 28.8 Å². The molecule has 0 aliphatic rings. The van der Waals surface area contributed by atoms with Gasteiger partial charge >= 0.3 is 0 Å². The van der Waals surface area contributed by atoms with Crippen molar-refractivity contribution in [3.05, 3.63) is 75.2 Å². The lowest BCUT2D eigenvalue weighted by atomic mass is 10.1. The van der Waals surface area contributed by atoms with Gasteiger partial charge < -0.3 is 0 Å². The Labute approximate surface area is 171 Å². The van der Waals surface area contributed by atoms with Crippen molar-refractivity contribution in [2.45, 2.75) is 26.7 Å². The lowest BCUT2D eigenvalue weighted by Gasteiger charge is -2.02. The summed E-state index contributed by atoms with van der Waals surface area (Å²) in [6.07, 6.45) is 1.66. The number of nitrogens with one attached hydrogen (secondary N) is 1. The second-order valence-corrected chi connectivity index (χ2v) is 7.89. The van der Waals surface area contributed by atoms with E-state index in [2.05, 4.69) is 22.0 Å². The maximum absolute atomic E-state index is 13.2. The zero-order chi connectivity index (χ0) is 19.7. The van der Waals surface area contributed by atoms with Crippen LogP contribution in [0.15, 0.2) is 58.3 Å². The summed E-state index contributed by atoms with van der Waals surface area (Å²) >= 11 is 7.72. The molecule has 0 aliphatic heterocycles. The van der Waals surface area contributed by atoms with Crippen LogP contribution in [-0.2, 0) is 6.42 Å². The molecule has 0 radical (unpaired) electrons. The van der Waals surface area contributed by atoms with Crippen LogP contribution in [0, 0.1) is 0 Å². The highest BCUT2D eigenvalue weighted by Gasteiger charge is 2.19. The van der Waals surface area contributed by atoms with E-state index in [1.54, 1.807) is 6.07 Å². The third-order valence-electron chi connectivity index (χ3n) is 4.44. The summed E-state index contributed by atoms with van der Waals surface area (Å²) in [6, 6.07) is 15.2. The summed E-state index contributed by atoms with van der Waals surface area (Å²) in [4.78, 5) is 22.5. The van der Waals surface area contributed by atoms with E-state index in [1.807, 2.05) is 49.4 Å². The van der Waals surface area contributed by atoms with Crippen LogP contribution in [0.3, 0.4) is 0 Å². The standard InChI is InChI=1S/C21H19ClN4OS/c1-3-8-17-19(13(2)23-15-10-5-4-9-14(15)22)20(27)26(25-17)21-24-16-11-6-7-12-18(16)28-21/h4-7,9-12,25H,3,8H2,1-2H3. The molecule has 0 saturated carbocycles. The number of aryl methyl sites for hydroxylation is 1. The van der Waals surface area contributed by atoms with Crippen molar-refractivity contribution >= 4 is 44.6 Å². The molecule has 0 fully saturated rings. The molecule has 28 heavy (non-hydrogen) atoms. The molecule has 0 atom stereocenters. The van der Waals surface area contributed by atoms with Crippen LogP contribution in [0.1, 0.15) is 31.5 Å². The van der Waals surface area contributed by atoms with Gasteiger partial charge in [-0.1, -0.05) is 60.5 Å². The van der Waals surface area contributed by atoms with E-state index in [9.17, 15) is 4.79 Å². The molecule has 2 aromatic carbocycles. The highest BCUT2D eigenvalue weighted by atomic mass is 35.5. The first kappa shape index (κ1) is 18.7. The molecule has 1 N–H and O–H groups in total. The molecule has 5 nitrogen and oxygen atoms in total. The molecule has 0 spiro atoms. The smallest absolute Gasteiger partial charge is 0.282 e. The minimum Gasteiger partial charge on any atom is -0.292 e. The average Bonchev–Trinajstić information content (AvgIpc) is 3.24. The number of H-pyrrole nitrogens is 1. The Morgan fingerprint density at radius 1 is 1.21 bits per heavy atom. The summed E-state index contributed by atoms with van der Waals surface area (Å²) < 4.78 is 2.57. The molecule has 0 saturated heterocycles. The van der Waals surface area contributed by atoms with Crippen LogP contribution in [0.4, 0.5) is 5.69 Å². The van der Waals surface area contributed by atoms with Crippen LogP contribution >= 0.6 is 22.9 Å². The molecule has 2 heterocycles. The second kappa shape index (κ2) is 7.73. The number of fused-ring (bicyclic) bond motifs is 1. The number of thiazole rings is 1. The predicted molar refractivity (Wildman–Crippen MR) is 117 cm³/mol. The first-order valence-corrected chi connectivity index (χ1v) is 10.3. The van der Waals surface area contributed by atoms with Crippen molar-refractivity contribution in [3.8, 4) is 5.13 Å². The summed E-state index contributed by atoms with van der Waals surface area (Å²) in [6.45, 7) is 3.92. The van der Waals surface area contributed by atoms with Crippen LogP contribution in [0.25, 0.3) is 15.3 Å². The molecule has 7 heteroatoms. The van der Waals surface area contributed by atoms with Crippen molar-refractivity contribution in [1.29, 1.82) is 0 Å². The van der Waals surface area contributed by atoms with Gasteiger partial charge in [0.25, 0.3) is 5.56 Å². The molecule has 4 aromatic rings. The number of benzene rings is 2. The maximum atomic E-state index is 13.2. The van der Waals surface area contributed by atoms with Gasteiger partial charge in [0.1, 0.15) is 0 Å². The normalized spacial score (nSPS) is 12.0. The number of para-hydroxylation sites is 2. The summed E-state index contributed by atoms with van der Waals surface area (Å²) in [5.41, 5.74) is 3.47. The Morgan fingerprint density at radius 2 is 1.96 bits per heavy atom. The number of nitrogens with zero attached hydrogens (tertiary/aromatic N) is 3. The molecule has 4 rings (SSSR count). The zero-order valence-corrected chi connectivity index (χ0v) is 17.1. The molecule has 0 aliphatic carbocycles. The SMILES string of the molecule is CCCc1[nH]n(-c2nc3ccccc3s2)c(=O)c1C(C)=Nc1ccccc1Cl. The van der Waals surface area contributed by atoms with Crippen molar-refractivity contribution < 1.29 is 0 Å². The lowest BCUT2D eigenvalue weighted by Crippen LogP contribution is -2.19. The number of halogens is 1. The van der Waals surface area contributed by atoms with E-state index in [0.29, 0.717) is 27.1 Å². The Balaban J connectivity index is 1.85. The Kier molecular flexibility index (Phi) is 5.15. The number of hydrogen-bond acceptors (Lipinski definition) is 4. The molecule has 0 unspecified atom stereocenters. The van der Waals surface area contributed by atoms with Gasteiger partial charge in [-0.3, -0.25) is 14.9 Å². The third kappa shape index (κ3) is 3.41. The number of hydrogen-bond donors (Lipinski definition) is 1. The monoisotopic (exact) mass is 410 g/mol. The topological polar surface area (TPSA) is 63.0 Å². The minimum absolute atomic E-state index is 0.143. The first-order valence-electron chi connectivity index (χ1n) is 9.08. The second-order valence-electron chi connectivity index (χ2n) is 6.47. The predicted octanol–water partition coefficient (Wildman–Crippen LogP) is 5.52. The number of aromatic amines is 1. The Hall–Kier alpha value is -2.70. The van der Waals surface area contributed by atoms with Gasteiger partial charge in [-0.15, -0.1) is 0 Å². The largest absolute Gasteiger partial charge is 0.292 e. The van der Waals surface area contributed by atoms with Crippen molar-refractivity contribution in [2.75, 3.05) is 0 Å². The van der Waals surface area contributed by atoms with Gasteiger partial charge in [-0.05, 0) is 37.6 Å². The summed E-state index contributed by atoms with van der Waals surface area (Å²) in [5, 5.41) is 4.43. The minimum atomic E-state index is -0.143. The Bertz CT molecular complexity index is 1200. The van der Waals surface area contributed by atoms with Crippen LogP contribution in [0.2, 0.25) is 5.02 Å². The highest BCUT2D eigenvalue weighted by molar-refractivity contribution is 7.20. The van der Waals surface area contributed by atoms with Gasteiger partial charge in [0, 0.05) is 5.69 Å². The molecule has 0 amide bonds. The third-order valence-corrected chi connectivity index (χ3v) is 5.78. The van der Waals surface area contributed by atoms with Crippen molar-refractivity contribution in [2.24, 2.45) is 4.99 Å². The fourth-order valence-electron chi connectivity index (χ4n) is 3.16. The van der Waals surface area contributed by atoms with E-state index in [-0.39, 0.29) is 5.56 Å².